The summed E-state index contributed by atoms with van der Waals surface area (Å²) in [7, 11) is 0. The van der Waals surface area contributed by atoms with Crippen molar-refractivity contribution in [2.75, 3.05) is 0 Å². The lowest BCUT2D eigenvalue weighted by Gasteiger charge is -2.19. The molecule has 1 atom stereocenters. The Labute approximate surface area is 132 Å². The lowest BCUT2D eigenvalue weighted by molar-refractivity contribution is -0.130. The van der Waals surface area contributed by atoms with Gasteiger partial charge in [-0.3, -0.25) is 9.59 Å². The fraction of sp³-hybridized carbons (Fsp3) is 0.733. The Morgan fingerprint density at radius 1 is 1.14 bits per heavy atom. The Balaban J connectivity index is 2.70. The zero-order valence-corrected chi connectivity index (χ0v) is 13.6. The summed E-state index contributed by atoms with van der Waals surface area (Å²) >= 11 is 0.590. The van der Waals surface area contributed by atoms with E-state index >= 15 is 0 Å². The number of halogens is 3. The molecule has 0 aliphatic carbocycles. The van der Waals surface area contributed by atoms with Crippen LogP contribution in [0.15, 0.2) is 11.3 Å². The highest BCUT2D eigenvalue weighted by molar-refractivity contribution is 8.17. The van der Waals surface area contributed by atoms with Crippen molar-refractivity contribution in [3.05, 3.63) is 11.3 Å². The van der Waals surface area contributed by atoms with Crippen molar-refractivity contribution in [2.45, 2.75) is 69.7 Å². The second-order valence-corrected chi connectivity index (χ2v) is 7.16. The van der Waals surface area contributed by atoms with E-state index in [1.54, 1.807) is 0 Å². The molecular weight excluding hydrogens is 317 g/mol. The summed E-state index contributed by atoms with van der Waals surface area (Å²) in [6.07, 6.45) is 1.16. The molecule has 7 heteroatoms. The maximum atomic E-state index is 12.5. The van der Waals surface area contributed by atoms with E-state index < -0.39 is 33.2 Å². The average Bonchev–Trinajstić information content (AvgIpc) is 2.63. The maximum Gasteiger partial charge on any atom is 0.449 e. The number of allylic oxidation sites excluding steroid dienone is 1. The summed E-state index contributed by atoms with van der Waals surface area (Å²) in [4.78, 5) is 23.8. The van der Waals surface area contributed by atoms with Gasteiger partial charge in [0.05, 0.1) is 4.75 Å². The number of carbonyl (C=O) groups is 2. The third-order valence-corrected chi connectivity index (χ3v) is 4.97. The molecule has 0 aromatic carbocycles. The predicted molar refractivity (Wildman–Crippen MR) is 79.7 cm³/mol. The molecule has 1 unspecified atom stereocenters. The summed E-state index contributed by atoms with van der Waals surface area (Å²) in [5.41, 5.74) is -1.11. The number of thioether (sulfide) groups is 1. The Bertz CT molecular complexity index is 471. The molecule has 1 saturated heterocycles. The van der Waals surface area contributed by atoms with Crippen LogP contribution in [-0.4, -0.2) is 26.9 Å². The number of hydrogen-bond acceptors (Lipinski definition) is 4. The van der Waals surface area contributed by atoms with Gasteiger partial charge >= 0.3 is 6.18 Å². The van der Waals surface area contributed by atoms with Gasteiger partial charge < -0.3 is 5.11 Å². The molecule has 0 bridgehead atoms. The van der Waals surface area contributed by atoms with E-state index in [2.05, 4.69) is 6.92 Å². The van der Waals surface area contributed by atoms with Gasteiger partial charge in [-0.15, -0.1) is 0 Å². The standard InChI is InChI=1S/C15H21F3O3S/c1-3-4-5-6-7-8-9-14(2)11(19)10(13(21)22-14)12(20)15(16,17)18/h20H,3-9H2,1-2H3/b12-10-. The Kier molecular flexibility index (Phi) is 6.52. The van der Waals surface area contributed by atoms with Gasteiger partial charge in [0.1, 0.15) is 5.57 Å². The minimum absolute atomic E-state index is 0.336. The molecule has 1 heterocycles. The Morgan fingerprint density at radius 3 is 2.23 bits per heavy atom. The number of hydrogen-bond donors (Lipinski definition) is 1. The molecule has 126 valence electrons. The summed E-state index contributed by atoms with van der Waals surface area (Å²) < 4.78 is 36.3. The molecule has 3 nitrogen and oxygen atoms in total. The molecule has 1 aliphatic heterocycles. The fourth-order valence-corrected chi connectivity index (χ4v) is 3.55. The topological polar surface area (TPSA) is 54.4 Å². The summed E-state index contributed by atoms with van der Waals surface area (Å²) in [5.74, 6) is -2.98. The minimum Gasteiger partial charge on any atom is -0.504 e. The van der Waals surface area contributed by atoms with Crippen LogP contribution in [0.4, 0.5) is 13.2 Å². The number of carbonyl (C=O) groups excluding carboxylic acids is 2. The van der Waals surface area contributed by atoms with Crippen molar-refractivity contribution in [2.24, 2.45) is 0 Å². The molecule has 0 amide bonds. The Morgan fingerprint density at radius 2 is 1.68 bits per heavy atom. The number of aliphatic hydroxyl groups excluding tert-OH is 1. The van der Waals surface area contributed by atoms with E-state index in [9.17, 15) is 22.8 Å². The molecular formula is C15H21F3O3S. The molecule has 0 aromatic rings. The summed E-state index contributed by atoms with van der Waals surface area (Å²) in [5, 5.41) is 8.13. The number of aliphatic hydroxyl groups is 1. The van der Waals surface area contributed by atoms with Crippen molar-refractivity contribution >= 4 is 22.7 Å². The second-order valence-electron chi connectivity index (χ2n) is 5.69. The molecule has 0 radical (unpaired) electrons. The molecule has 0 saturated carbocycles. The second kappa shape index (κ2) is 7.53. The molecule has 1 aliphatic rings. The van der Waals surface area contributed by atoms with E-state index in [-0.39, 0.29) is 0 Å². The number of ketones is 1. The largest absolute Gasteiger partial charge is 0.504 e. The third kappa shape index (κ3) is 4.51. The van der Waals surface area contributed by atoms with Crippen LogP contribution in [0.3, 0.4) is 0 Å². The van der Waals surface area contributed by atoms with Crippen molar-refractivity contribution in [3.63, 3.8) is 0 Å². The molecule has 22 heavy (non-hydrogen) atoms. The molecule has 1 fully saturated rings. The monoisotopic (exact) mass is 338 g/mol. The third-order valence-electron chi connectivity index (χ3n) is 3.74. The highest BCUT2D eigenvalue weighted by Crippen LogP contribution is 2.45. The van der Waals surface area contributed by atoms with Gasteiger partial charge in [0, 0.05) is 0 Å². The van der Waals surface area contributed by atoms with Gasteiger partial charge in [-0.25, -0.2) is 0 Å². The summed E-state index contributed by atoms with van der Waals surface area (Å²) in [6.45, 7) is 3.57. The van der Waals surface area contributed by atoms with E-state index in [0.717, 1.165) is 32.1 Å². The number of unbranched alkanes of at least 4 members (excludes halogenated alkanes) is 5. The van der Waals surface area contributed by atoms with E-state index in [1.165, 1.54) is 6.92 Å². The van der Waals surface area contributed by atoms with Crippen LogP contribution in [0.25, 0.3) is 0 Å². The van der Waals surface area contributed by atoms with Crippen LogP contribution in [0.2, 0.25) is 0 Å². The summed E-state index contributed by atoms with van der Waals surface area (Å²) in [6, 6.07) is 0. The first kappa shape index (κ1) is 19.1. The minimum atomic E-state index is -5.08. The fourth-order valence-electron chi connectivity index (χ4n) is 2.41. The SMILES string of the molecule is CCCCCCCCC1(C)SC(=O)/C(=C(\O)C(F)(F)F)C1=O. The van der Waals surface area contributed by atoms with E-state index in [1.807, 2.05) is 0 Å². The van der Waals surface area contributed by atoms with Crippen molar-refractivity contribution in [1.82, 2.24) is 0 Å². The highest BCUT2D eigenvalue weighted by Gasteiger charge is 2.52. The van der Waals surface area contributed by atoms with Gasteiger partial charge in [-0.1, -0.05) is 57.2 Å². The lowest BCUT2D eigenvalue weighted by atomic mass is 9.93. The van der Waals surface area contributed by atoms with Crippen LogP contribution in [0.5, 0.6) is 0 Å². The first-order valence-electron chi connectivity index (χ1n) is 7.42. The molecule has 0 spiro atoms. The zero-order valence-electron chi connectivity index (χ0n) is 12.8. The van der Waals surface area contributed by atoms with Gasteiger partial charge in [-0.05, 0) is 13.3 Å². The Hall–Kier alpha value is -0.980. The van der Waals surface area contributed by atoms with E-state index in [0.29, 0.717) is 24.6 Å². The number of Topliss-reactive ketones (excluding diaryl/α,β-unsaturated/α-hetero) is 1. The van der Waals surface area contributed by atoms with Gasteiger partial charge in [-0.2, -0.15) is 13.2 Å². The number of alkyl halides is 3. The smallest absolute Gasteiger partial charge is 0.449 e. The van der Waals surface area contributed by atoms with Gasteiger partial charge in [0.2, 0.25) is 10.9 Å². The normalized spacial score (nSPS) is 25.0. The average molecular weight is 338 g/mol. The van der Waals surface area contributed by atoms with Crippen molar-refractivity contribution in [1.29, 1.82) is 0 Å². The predicted octanol–water partition coefficient (Wildman–Crippen LogP) is 4.71. The van der Waals surface area contributed by atoms with Crippen LogP contribution >= 0.6 is 11.8 Å². The van der Waals surface area contributed by atoms with Gasteiger partial charge in [0.25, 0.3) is 0 Å². The zero-order chi connectivity index (χ0) is 17.0. The molecule has 1 rings (SSSR count). The van der Waals surface area contributed by atoms with Crippen LogP contribution in [-0.2, 0) is 9.59 Å². The quantitative estimate of drug-likeness (QED) is 0.316. The lowest BCUT2D eigenvalue weighted by Crippen LogP contribution is -2.29. The van der Waals surface area contributed by atoms with E-state index in [4.69, 9.17) is 5.11 Å². The maximum absolute atomic E-state index is 12.5. The van der Waals surface area contributed by atoms with Crippen molar-refractivity contribution in [3.8, 4) is 0 Å². The van der Waals surface area contributed by atoms with Crippen LogP contribution in [0.1, 0.15) is 58.8 Å². The first-order valence-corrected chi connectivity index (χ1v) is 8.23. The molecule has 1 N–H and O–H groups in total. The number of rotatable bonds is 7. The first-order chi connectivity index (χ1) is 10.1. The van der Waals surface area contributed by atoms with Crippen molar-refractivity contribution < 1.29 is 27.9 Å². The highest BCUT2D eigenvalue weighted by atomic mass is 32.2. The van der Waals surface area contributed by atoms with Gasteiger partial charge in [0.15, 0.2) is 5.78 Å². The van der Waals surface area contributed by atoms with Crippen LogP contribution < -0.4 is 0 Å². The molecule has 0 aromatic heterocycles. The van der Waals surface area contributed by atoms with Crippen LogP contribution in [0, 0.1) is 0 Å².